The summed E-state index contributed by atoms with van der Waals surface area (Å²) in [6.07, 6.45) is 2.75. The van der Waals surface area contributed by atoms with Crippen LogP contribution in [0, 0.1) is 12.8 Å². The number of amidine groups is 1. The number of nitrogens with zero attached hydrogens (tertiary/aromatic N) is 2. The lowest BCUT2D eigenvalue weighted by atomic mass is 10.1. The average molecular weight is 453 g/mol. The van der Waals surface area contributed by atoms with Gasteiger partial charge in [-0.15, -0.1) is 0 Å². The zero-order chi connectivity index (χ0) is 23.3. The van der Waals surface area contributed by atoms with Crippen molar-refractivity contribution in [3.05, 3.63) is 58.5 Å². The van der Waals surface area contributed by atoms with Crippen molar-refractivity contribution in [3.8, 4) is 11.5 Å². The SMILES string of the molecule is CC[C@H](C)N1C(=O)/C(=C\c2ccc(OCC(C)C)c(OC)c2)SC1=Nc1ccc(C)cc1. The van der Waals surface area contributed by atoms with Crippen LogP contribution in [0.3, 0.4) is 0 Å². The van der Waals surface area contributed by atoms with Crippen molar-refractivity contribution >= 4 is 34.6 Å². The van der Waals surface area contributed by atoms with Crippen molar-refractivity contribution < 1.29 is 14.3 Å². The number of benzene rings is 2. The number of amides is 1. The Morgan fingerprint density at radius 2 is 1.81 bits per heavy atom. The Morgan fingerprint density at radius 1 is 1.09 bits per heavy atom. The molecule has 1 aliphatic heterocycles. The van der Waals surface area contributed by atoms with Gasteiger partial charge >= 0.3 is 0 Å². The number of ether oxygens (including phenoxy) is 2. The number of carbonyl (C=O) groups is 1. The molecule has 0 N–H and O–H groups in total. The standard InChI is InChI=1S/C26H32N2O3S/c1-7-19(5)28-25(29)24(32-26(28)27-21-11-8-18(4)9-12-21)15-20-10-13-22(23(14-20)30-6)31-16-17(2)3/h8-15,17,19H,7,16H2,1-6H3/b24-15+,27-26?/t19-/m0/s1. The summed E-state index contributed by atoms with van der Waals surface area (Å²) in [5, 5.41) is 0.711. The molecule has 0 unspecified atom stereocenters. The fourth-order valence-corrected chi connectivity index (χ4v) is 4.26. The van der Waals surface area contributed by atoms with Gasteiger partial charge in [0.1, 0.15) is 0 Å². The molecule has 1 heterocycles. The van der Waals surface area contributed by atoms with Crippen molar-refractivity contribution in [2.75, 3.05) is 13.7 Å². The molecule has 0 bridgehead atoms. The summed E-state index contributed by atoms with van der Waals surface area (Å²) in [5.74, 6) is 1.76. The molecule has 6 heteroatoms. The maximum absolute atomic E-state index is 13.3. The van der Waals surface area contributed by atoms with E-state index in [9.17, 15) is 4.79 Å². The lowest BCUT2D eigenvalue weighted by Crippen LogP contribution is -2.36. The third kappa shape index (κ3) is 5.74. The molecule has 32 heavy (non-hydrogen) atoms. The van der Waals surface area contributed by atoms with Gasteiger partial charge in [-0.25, -0.2) is 4.99 Å². The average Bonchev–Trinajstić information content (AvgIpc) is 3.08. The van der Waals surface area contributed by atoms with Gasteiger partial charge in [0.25, 0.3) is 5.91 Å². The Morgan fingerprint density at radius 3 is 2.44 bits per heavy atom. The monoisotopic (exact) mass is 452 g/mol. The lowest BCUT2D eigenvalue weighted by molar-refractivity contribution is -0.123. The highest BCUT2D eigenvalue weighted by Gasteiger charge is 2.36. The van der Waals surface area contributed by atoms with Gasteiger partial charge in [-0.2, -0.15) is 0 Å². The van der Waals surface area contributed by atoms with Crippen LogP contribution in [0.5, 0.6) is 11.5 Å². The summed E-state index contributed by atoms with van der Waals surface area (Å²) in [5.41, 5.74) is 2.90. The first-order valence-corrected chi connectivity index (χ1v) is 11.8. The van der Waals surface area contributed by atoms with E-state index in [1.165, 1.54) is 17.3 Å². The van der Waals surface area contributed by atoms with Crippen LogP contribution in [-0.2, 0) is 4.79 Å². The quantitative estimate of drug-likeness (QED) is 0.432. The Kier molecular flexibility index (Phi) is 8.02. The van der Waals surface area contributed by atoms with Gasteiger partial charge in [0.05, 0.1) is 24.3 Å². The normalized spacial score (nSPS) is 17.5. The minimum atomic E-state index is -0.0192. The molecule has 1 saturated heterocycles. The second-order valence-corrected chi connectivity index (χ2v) is 9.40. The van der Waals surface area contributed by atoms with Crippen LogP contribution in [-0.4, -0.2) is 35.7 Å². The summed E-state index contributed by atoms with van der Waals surface area (Å²) in [7, 11) is 1.63. The van der Waals surface area contributed by atoms with Gasteiger partial charge in [0.2, 0.25) is 0 Å². The van der Waals surface area contributed by atoms with Crippen LogP contribution in [0.2, 0.25) is 0 Å². The number of carbonyl (C=O) groups excluding carboxylic acids is 1. The molecule has 5 nitrogen and oxygen atoms in total. The predicted molar refractivity (Wildman–Crippen MR) is 134 cm³/mol. The smallest absolute Gasteiger partial charge is 0.266 e. The van der Waals surface area contributed by atoms with Crippen molar-refractivity contribution in [2.45, 2.75) is 47.1 Å². The Bertz CT molecular complexity index is 1010. The van der Waals surface area contributed by atoms with Crippen molar-refractivity contribution in [1.29, 1.82) is 0 Å². The summed E-state index contributed by atoms with van der Waals surface area (Å²) in [4.78, 5) is 20.5. The van der Waals surface area contributed by atoms with Crippen molar-refractivity contribution in [1.82, 2.24) is 4.90 Å². The third-order valence-corrected chi connectivity index (χ3v) is 6.17. The molecular formula is C26H32N2O3S. The number of rotatable bonds is 8. The molecule has 0 aliphatic carbocycles. The van der Waals surface area contributed by atoms with E-state index in [2.05, 4.69) is 27.7 Å². The van der Waals surface area contributed by atoms with E-state index in [0.29, 0.717) is 34.1 Å². The fourth-order valence-electron chi connectivity index (χ4n) is 3.17. The Balaban J connectivity index is 1.91. The second-order valence-electron chi connectivity index (χ2n) is 8.39. The van der Waals surface area contributed by atoms with E-state index in [-0.39, 0.29) is 11.9 Å². The van der Waals surface area contributed by atoms with Gasteiger partial charge < -0.3 is 9.47 Å². The molecule has 0 radical (unpaired) electrons. The van der Waals surface area contributed by atoms with Gasteiger partial charge in [-0.05, 0) is 73.9 Å². The molecule has 2 aromatic rings. The van der Waals surface area contributed by atoms with Crippen molar-refractivity contribution in [2.24, 2.45) is 10.9 Å². The maximum atomic E-state index is 13.3. The molecule has 1 amide bonds. The lowest BCUT2D eigenvalue weighted by Gasteiger charge is -2.22. The summed E-state index contributed by atoms with van der Waals surface area (Å²) < 4.78 is 11.4. The van der Waals surface area contributed by atoms with Crippen LogP contribution in [0.1, 0.15) is 45.2 Å². The molecule has 1 aliphatic rings. The summed E-state index contributed by atoms with van der Waals surface area (Å²) in [6.45, 7) is 11.0. The molecule has 1 atom stereocenters. The van der Waals surface area contributed by atoms with E-state index in [1.807, 2.05) is 55.5 Å². The molecule has 0 spiro atoms. The molecule has 170 valence electrons. The first-order valence-electron chi connectivity index (χ1n) is 11.0. The number of hydrogen-bond acceptors (Lipinski definition) is 5. The molecule has 0 saturated carbocycles. The highest BCUT2D eigenvalue weighted by Crippen LogP contribution is 2.37. The zero-order valence-electron chi connectivity index (χ0n) is 19.7. The fraction of sp³-hybridized carbons (Fsp3) is 0.385. The molecule has 1 fully saturated rings. The Labute approximate surface area is 195 Å². The first kappa shape index (κ1) is 23.9. The van der Waals surface area contributed by atoms with E-state index >= 15 is 0 Å². The predicted octanol–water partition coefficient (Wildman–Crippen LogP) is 6.44. The molecule has 3 rings (SSSR count). The number of aryl methyl sites for hydroxylation is 1. The van der Waals surface area contributed by atoms with Gasteiger partial charge in [-0.3, -0.25) is 9.69 Å². The Hall–Kier alpha value is -2.73. The van der Waals surface area contributed by atoms with E-state index in [1.54, 1.807) is 12.0 Å². The molecular weight excluding hydrogens is 420 g/mol. The van der Waals surface area contributed by atoms with Crippen LogP contribution in [0.25, 0.3) is 6.08 Å². The van der Waals surface area contributed by atoms with E-state index < -0.39 is 0 Å². The number of hydrogen-bond donors (Lipinski definition) is 0. The van der Waals surface area contributed by atoms with Crippen molar-refractivity contribution in [3.63, 3.8) is 0 Å². The topological polar surface area (TPSA) is 51.1 Å². The van der Waals surface area contributed by atoms with E-state index in [4.69, 9.17) is 14.5 Å². The van der Waals surface area contributed by atoms with Gasteiger partial charge in [0.15, 0.2) is 16.7 Å². The largest absolute Gasteiger partial charge is 0.493 e. The van der Waals surface area contributed by atoms with Crippen LogP contribution < -0.4 is 9.47 Å². The summed E-state index contributed by atoms with van der Waals surface area (Å²) in [6, 6.07) is 13.8. The number of aliphatic imine (C=N–C) groups is 1. The van der Waals surface area contributed by atoms with Crippen LogP contribution >= 0.6 is 11.8 Å². The molecule has 2 aromatic carbocycles. The van der Waals surface area contributed by atoms with Gasteiger partial charge in [-0.1, -0.05) is 44.5 Å². The zero-order valence-corrected chi connectivity index (χ0v) is 20.5. The number of thioether (sulfide) groups is 1. The molecule has 0 aromatic heterocycles. The minimum Gasteiger partial charge on any atom is -0.493 e. The third-order valence-electron chi connectivity index (χ3n) is 5.18. The highest BCUT2D eigenvalue weighted by atomic mass is 32.2. The minimum absolute atomic E-state index is 0.0192. The van der Waals surface area contributed by atoms with Crippen LogP contribution in [0.4, 0.5) is 5.69 Å². The first-order chi connectivity index (χ1) is 15.3. The highest BCUT2D eigenvalue weighted by molar-refractivity contribution is 8.18. The van der Waals surface area contributed by atoms with Crippen LogP contribution in [0.15, 0.2) is 52.4 Å². The van der Waals surface area contributed by atoms with E-state index in [0.717, 1.165) is 17.7 Å². The van der Waals surface area contributed by atoms with Gasteiger partial charge in [0, 0.05) is 6.04 Å². The summed E-state index contributed by atoms with van der Waals surface area (Å²) >= 11 is 1.41. The maximum Gasteiger partial charge on any atom is 0.266 e. The number of methoxy groups -OCH3 is 1. The second kappa shape index (κ2) is 10.7.